The molecule has 0 aliphatic carbocycles. The lowest BCUT2D eigenvalue weighted by Crippen LogP contribution is -2.46. The molecule has 0 spiro atoms. The van der Waals surface area contributed by atoms with Gasteiger partial charge in [-0.3, -0.25) is 4.79 Å². The van der Waals surface area contributed by atoms with Crippen LogP contribution in [0.1, 0.15) is 156 Å². The van der Waals surface area contributed by atoms with E-state index in [0.29, 0.717) is 13.0 Å². The lowest BCUT2D eigenvalue weighted by atomic mass is 9.81. The minimum Gasteiger partial charge on any atom is -0.465 e. The molecular formula is C29H56O2S3. The zero-order valence-corrected chi connectivity index (χ0v) is 25.4. The van der Waals surface area contributed by atoms with Crippen LogP contribution >= 0.6 is 37.5 Å². The smallest absolute Gasteiger partial charge is 0.314 e. The third-order valence-corrected chi connectivity index (χ3v) is 9.14. The molecule has 0 rings (SSSR count). The molecule has 0 heterocycles. The lowest BCUT2D eigenvalue weighted by Gasteiger charge is -2.37. The summed E-state index contributed by atoms with van der Waals surface area (Å²) < 4.78 is 4.76. The Labute approximate surface area is 229 Å². The highest BCUT2D eigenvalue weighted by molar-refractivity contribution is 8.03. The molecule has 0 saturated heterocycles. The zero-order chi connectivity index (χ0) is 25.5. The van der Waals surface area contributed by atoms with E-state index in [1.165, 1.54) is 108 Å². The molecule has 202 valence electrons. The maximum atomic E-state index is 13.0. The maximum Gasteiger partial charge on any atom is 0.314 e. The lowest BCUT2D eigenvalue weighted by molar-refractivity contribution is -0.155. The van der Waals surface area contributed by atoms with E-state index in [9.17, 15) is 4.79 Å². The zero-order valence-electron chi connectivity index (χ0n) is 22.8. The maximum absolute atomic E-state index is 13.0. The van der Waals surface area contributed by atoms with Gasteiger partial charge < -0.3 is 4.74 Å². The predicted molar refractivity (Wildman–Crippen MR) is 162 cm³/mol. The van der Waals surface area contributed by atoms with Gasteiger partial charge in [-0.2, -0.15) is 25.3 Å². The highest BCUT2D eigenvalue weighted by Gasteiger charge is 2.48. The molecule has 0 radical (unpaired) electrons. The Hall–Kier alpha value is 0.260. The topological polar surface area (TPSA) is 26.3 Å². The molecule has 0 N–H and O–H groups in total. The summed E-state index contributed by atoms with van der Waals surface area (Å²) in [5.74, 6) is -0.203. The van der Waals surface area contributed by atoms with Crippen LogP contribution in [0.2, 0.25) is 0 Å². The van der Waals surface area contributed by atoms with Gasteiger partial charge >= 0.3 is 5.97 Å². The minimum atomic E-state index is -0.948. The monoisotopic (exact) mass is 532 g/mol. The van der Waals surface area contributed by atoms with E-state index < -0.39 is 9.49 Å². The molecule has 2 nitrogen and oxygen atoms in total. The van der Waals surface area contributed by atoms with Crippen LogP contribution in [-0.4, -0.2) is 22.0 Å². The fourth-order valence-corrected chi connectivity index (χ4v) is 5.11. The highest BCUT2D eigenvalue weighted by Crippen LogP contribution is 2.44. The first-order valence-corrected chi connectivity index (χ1v) is 15.8. The molecule has 0 aliphatic rings. The van der Waals surface area contributed by atoms with Crippen molar-refractivity contribution >= 4 is 48.8 Å². The van der Waals surface area contributed by atoms with Gasteiger partial charge in [0.2, 0.25) is 0 Å². The summed E-state index contributed by atoms with van der Waals surface area (Å²) >= 11 is 14.5. The van der Waals surface area contributed by atoms with Gasteiger partial charge in [-0.05, 0) is 19.8 Å². The Morgan fingerprint density at radius 1 is 0.676 bits per heavy atom. The van der Waals surface area contributed by atoms with E-state index in [1.54, 1.807) is 0 Å². The number of rotatable bonds is 25. The molecule has 0 aromatic carbocycles. The van der Waals surface area contributed by atoms with Crippen LogP contribution in [0.5, 0.6) is 0 Å². The molecule has 0 bridgehead atoms. The number of carbonyl (C=O) groups excluding carboxylic acids is 1. The van der Waals surface area contributed by atoms with Gasteiger partial charge in [0.05, 0.1) is 16.1 Å². The van der Waals surface area contributed by atoms with Crippen molar-refractivity contribution in [3.63, 3.8) is 0 Å². The van der Waals surface area contributed by atoms with Crippen molar-refractivity contribution in [2.75, 3.05) is 6.61 Å². The van der Waals surface area contributed by atoms with Crippen molar-refractivity contribution in [1.29, 1.82) is 0 Å². The third-order valence-electron chi connectivity index (χ3n) is 7.19. The van der Waals surface area contributed by atoms with E-state index in [4.69, 9.17) is 17.0 Å². The number of ether oxygens (including phenoxy) is 1. The number of thiol groups is 2. The summed E-state index contributed by atoms with van der Waals surface area (Å²) in [4.78, 5) is 13.0. The average Bonchev–Trinajstić information content (AvgIpc) is 2.83. The summed E-state index contributed by atoms with van der Waals surface area (Å²) in [5.41, 5.74) is -0.806. The SMILES string of the molecule is CCCCCCCCCCCCOC(=O)C(C)(CCCCCCCCCCCC)C(S)(S)C=S. The summed E-state index contributed by atoms with van der Waals surface area (Å²) in [5, 5.41) is 1.51. The van der Waals surface area contributed by atoms with Crippen LogP contribution < -0.4 is 0 Å². The highest BCUT2D eigenvalue weighted by atomic mass is 32.2. The van der Waals surface area contributed by atoms with Crippen LogP contribution in [0.25, 0.3) is 0 Å². The van der Waals surface area contributed by atoms with Crippen LogP contribution in [0.4, 0.5) is 0 Å². The second kappa shape index (κ2) is 22.5. The molecule has 0 amide bonds. The Kier molecular flexibility index (Phi) is 22.6. The molecule has 0 aliphatic heterocycles. The first-order valence-electron chi connectivity index (χ1n) is 14.4. The quantitative estimate of drug-likeness (QED) is 0.0402. The molecule has 34 heavy (non-hydrogen) atoms. The number of unbranched alkanes of at least 4 members (excludes halogenated alkanes) is 18. The summed E-state index contributed by atoms with van der Waals surface area (Å²) in [6.45, 7) is 6.92. The molecule has 1 unspecified atom stereocenters. The van der Waals surface area contributed by atoms with Gasteiger partial charge in [0.1, 0.15) is 0 Å². The van der Waals surface area contributed by atoms with Crippen molar-refractivity contribution in [1.82, 2.24) is 0 Å². The van der Waals surface area contributed by atoms with Crippen molar-refractivity contribution < 1.29 is 9.53 Å². The largest absolute Gasteiger partial charge is 0.465 e. The number of hydrogen-bond acceptors (Lipinski definition) is 5. The van der Waals surface area contributed by atoms with E-state index in [1.807, 2.05) is 6.92 Å². The predicted octanol–water partition coefficient (Wildman–Crippen LogP) is 10.3. The van der Waals surface area contributed by atoms with Gasteiger partial charge in [0.25, 0.3) is 0 Å². The molecule has 0 aromatic rings. The van der Waals surface area contributed by atoms with E-state index in [0.717, 1.165) is 25.7 Å². The van der Waals surface area contributed by atoms with Crippen LogP contribution in [0.3, 0.4) is 0 Å². The van der Waals surface area contributed by atoms with E-state index >= 15 is 0 Å². The average molecular weight is 533 g/mol. The second-order valence-corrected chi connectivity index (χ2v) is 12.4. The number of esters is 1. The Bertz CT molecular complexity index is 496. The molecule has 0 aromatic heterocycles. The van der Waals surface area contributed by atoms with Gasteiger partial charge in [0, 0.05) is 5.37 Å². The van der Waals surface area contributed by atoms with Gasteiger partial charge in [0.15, 0.2) is 0 Å². The van der Waals surface area contributed by atoms with Gasteiger partial charge in [-0.1, -0.05) is 148 Å². The van der Waals surface area contributed by atoms with Crippen molar-refractivity contribution in [2.24, 2.45) is 5.41 Å². The van der Waals surface area contributed by atoms with E-state index in [2.05, 4.69) is 39.1 Å². The first kappa shape index (κ1) is 34.3. The Morgan fingerprint density at radius 2 is 1.03 bits per heavy atom. The number of carbonyl (C=O) groups is 1. The number of thiocarbonyl (C=S) groups is 1. The van der Waals surface area contributed by atoms with Crippen LogP contribution in [0, 0.1) is 5.41 Å². The molecule has 1 atom stereocenters. The van der Waals surface area contributed by atoms with Crippen LogP contribution in [-0.2, 0) is 9.53 Å². The fraction of sp³-hybridized carbons (Fsp3) is 0.931. The van der Waals surface area contributed by atoms with Crippen molar-refractivity contribution in [3.05, 3.63) is 0 Å². The molecule has 0 saturated carbocycles. The Morgan fingerprint density at radius 3 is 1.41 bits per heavy atom. The molecular weight excluding hydrogens is 477 g/mol. The van der Waals surface area contributed by atoms with Gasteiger partial charge in [-0.15, -0.1) is 0 Å². The Balaban J connectivity index is 4.13. The number of hydrogen-bond donors (Lipinski definition) is 2. The molecule has 5 heteroatoms. The van der Waals surface area contributed by atoms with Crippen molar-refractivity contribution in [3.8, 4) is 0 Å². The van der Waals surface area contributed by atoms with Gasteiger partial charge in [-0.25, -0.2) is 0 Å². The first-order chi connectivity index (χ1) is 16.4. The third kappa shape index (κ3) is 16.1. The standard InChI is InChI=1S/C29H56O2S3/c1-4-6-8-10-12-14-16-18-20-22-24-28(3,29(33,34)26-32)27(30)31-25-23-21-19-17-15-13-11-9-7-5-2/h26,33-34H,4-25H2,1-3H3. The summed E-state index contributed by atoms with van der Waals surface area (Å²) in [6.07, 6.45) is 26.1. The normalized spacial score (nSPS) is 13.6. The van der Waals surface area contributed by atoms with E-state index in [-0.39, 0.29) is 5.97 Å². The van der Waals surface area contributed by atoms with Crippen LogP contribution in [0.15, 0.2) is 0 Å². The summed E-state index contributed by atoms with van der Waals surface area (Å²) in [7, 11) is 0. The second-order valence-electron chi connectivity index (χ2n) is 10.4. The minimum absolute atomic E-state index is 0.203. The summed E-state index contributed by atoms with van der Waals surface area (Å²) in [6, 6.07) is 0. The van der Waals surface area contributed by atoms with Crippen molar-refractivity contribution in [2.45, 2.75) is 160 Å². The molecule has 0 fully saturated rings. The fourth-order valence-electron chi connectivity index (χ4n) is 4.45.